The van der Waals surface area contributed by atoms with Crippen LogP contribution in [0.15, 0.2) is 87.3 Å². The number of nitrogens with two attached hydrogens (primary N) is 1. The van der Waals surface area contributed by atoms with E-state index in [-0.39, 0.29) is 22.7 Å². The molecule has 0 aliphatic rings. The molecule has 4 rings (SSSR count). The van der Waals surface area contributed by atoms with Crippen molar-refractivity contribution in [3.05, 3.63) is 116 Å². The maximum absolute atomic E-state index is 14.8. The van der Waals surface area contributed by atoms with E-state index in [1.165, 1.54) is 19.2 Å². The summed E-state index contributed by atoms with van der Waals surface area (Å²) in [6.07, 6.45) is 0.492. The highest BCUT2D eigenvalue weighted by atomic mass is 32.2. The Labute approximate surface area is 212 Å². The second kappa shape index (κ2) is 10.5. The molecule has 0 bridgehead atoms. The second-order valence-corrected chi connectivity index (χ2v) is 10.4. The predicted octanol–water partition coefficient (Wildman–Crippen LogP) is 2.24. The van der Waals surface area contributed by atoms with Crippen LogP contribution in [-0.4, -0.2) is 36.1 Å². The summed E-state index contributed by atoms with van der Waals surface area (Å²) in [5.74, 6) is -0.365. The molecule has 37 heavy (non-hydrogen) atoms. The fraction of sp³-hybridized carbons (Fsp3) is 0.192. The van der Waals surface area contributed by atoms with Gasteiger partial charge in [-0.15, -0.1) is 0 Å². The SMILES string of the molecule is COc1cccc(-n2nc(Cc3c(F)cccc3S(C)(=O)=O)c(=O)n(CC(N)c3ccccc3)c2=O)c1. The molecule has 11 heteroatoms. The van der Waals surface area contributed by atoms with E-state index < -0.39 is 39.4 Å². The summed E-state index contributed by atoms with van der Waals surface area (Å²) in [7, 11) is -2.35. The number of nitrogens with zero attached hydrogens (tertiary/aromatic N) is 3. The minimum absolute atomic E-state index is 0.183. The number of methoxy groups -OCH3 is 1. The normalized spacial score (nSPS) is 12.3. The summed E-state index contributed by atoms with van der Waals surface area (Å²) < 4.78 is 46.6. The van der Waals surface area contributed by atoms with E-state index in [1.54, 1.807) is 48.5 Å². The smallest absolute Gasteiger partial charge is 0.352 e. The lowest BCUT2D eigenvalue weighted by Gasteiger charge is -2.17. The largest absolute Gasteiger partial charge is 0.497 e. The van der Waals surface area contributed by atoms with Crippen molar-refractivity contribution >= 4 is 9.84 Å². The van der Waals surface area contributed by atoms with E-state index in [0.717, 1.165) is 21.6 Å². The number of rotatable bonds is 8. The van der Waals surface area contributed by atoms with Crippen molar-refractivity contribution in [1.82, 2.24) is 14.3 Å². The van der Waals surface area contributed by atoms with Crippen molar-refractivity contribution < 1.29 is 17.5 Å². The highest BCUT2D eigenvalue weighted by Crippen LogP contribution is 2.21. The maximum atomic E-state index is 14.8. The van der Waals surface area contributed by atoms with Crippen molar-refractivity contribution in [2.24, 2.45) is 5.73 Å². The quantitative estimate of drug-likeness (QED) is 0.375. The Balaban J connectivity index is 1.92. The van der Waals surface area contributed by atoms with Gasteiger partial charge in [0.25, 0.3) is 5.56 Å². The van der Waals surface area contributed by atoms with Gasteiger partial charge in [-0.2, -0.15) is 9.78 Å². The van der Waals surface area contributed by atoms with Crippen LogP contribution in [0.25, 0.3) is 5.69 Å². The first-order valence-corrected chi connectivity index (χ1v) is 13.1. The molecule has 9 nitrogen and oxygen atoms in total. The highest BCUT2D eigenvalue weighted by Gasteiger charge is 2.22. The van der Waals surface area contributed by atoms with Crippen LogP contribution < -0.4 is 21.7 Å². The van der Waals surface area contributed by atoms with Crippen molar-refractivity contribution in [3.8, 4) is 11.4 Å². The third-order valence-corrected chi connectivity index (χ3v) is 7.03. The Morgan fingerprint density at radius 1 is 1.03 bits per heavy atom. The number of aromatic nitrogens is 3. The Kier molecular flexibility index (Phi) is 7.37. The van der Waals surface area contributed by atoms with Crippen LogP contribution in [0.5, 0.6) is 5.75 Å². The summed E-state index contributed by atoms with van der Waals surface area (Å²) in [5, 5.41) is 4.23. The summed E-state index contributed by atoms with van der Waals surface area (Å²) >= 11 is 0. The van der Waals surface area contributed by atoms with Crippen molar-refractivity contribution in [1.29, 1.82) is 0 Å². The molecule has 0 fully saturated rings. The molecule has 1 aromatic heterocycles. The minimum Gasteiger partial charge on any atom is -0.497 e. The summed E-state index contributed by atoms with van der Waals surface area (Å²) in [4.78, 5) is 26.7. The molecular formula is C26H25FN4O5S. The van der Waals surface area contributed by atoms with E-state index in [9.17, 15) is 22.4 Å². The standard InChI is InChI=1S/C26H25FN4O5S/c1-36-19-11-6-10-18(14-19)31-26(33)30(16-22(28)17-8-4-3-5-9-17)25(32)23(29-31)15-20-21(27)12-7-13-24(20)37(2,34)35/h3-14,22H,15-16,28H2,1-2H3. The van der Waals surface area contributed by atoms with Gasteiger partial charge in [-0.3, -0.25) is 9.36 Å². The first-order valence-electron chi connectivity index (χ1n) is 11.3. The van der Waals surface area contributed by atoms with Gasteiger partial charge in [0.2, 0.25) is 0 Å². The predicted molar refractivity (Wildman–Crippen MR) is 136 cm³/mol. The van der Waals surface area contributed by atoms with Crippen molar-refractivity contribution in [3.63, 3.8) is 0 Å². The van der Waals surface area contributed by atoms with E-state index in [1.807, 2.05) is 6.07 Å². The average Bonchev–Trinajstić information content (AvgIpc) is 2.88. The molecule has 2 N–H and O–H groups in total. The van der Waals surface area contributed by atoms with Crippen LogP contribution in [0.1, 0.15) is 22.9 Å². The van der Waals surface area contributed by atoms with E-state index in [0.29, 0.717) is 17.0 Å². The molecule has 0 aliphatic carbocycles. The number of hydrogen-bond acceptors (Lipinski definition) is 7. The van der Waals surface area contributed by atoms with Crippen molar-refractivity contribution in [2.75, 3.05) is 13.4 Å². The molecular weight excluding hydrogens is 499 g/mol. The van der Waals surface area contributed by atoms with Gasteiger partial charge < -0.3 is 10.5 Å². The Hall–Kier alpha value is -4.09. The molecule has 0 saturated heterocycles. The van der Waals surface area contributed by atoms with Gasteiger partial charge in [-0.05, 0) is 29.8 Å². The second-order valence-electron chi connectivity index (χ2n) is 8.44. The zero-order valence-electron chi connectivity index (χ0n) is 20.2. The lowest BCUT2D eigenvalue weighted by molar-refractivity contribution is 0.414. The molecule has 0 saturated carbocycles. The monoisotopic (exact) mass is 524 g/mol. The van der Waals surface area contributed by atoms with Crippen LogP contribution in [0, 0.1) is 5.82 Å². The molecule has 0 aliphatic heterocycles. The first kappa shape index (κ1) is 26.0. The molecule has 1 heterocycles. The lowest BCUT2D eigenvalue weighted by Crippen LogP contribution is -2.44. The molecule has 192 valence electrons. The molecule has 1 unspecified atom stereocenters. The number of sulfone groups is 1. The Morgan fingerprint density at radius 2 is 1.73 bits per heavy atom. The average molecular weight is 525 g/mol. The van der Waals surface area contributed by atoms with E-state index in [2.05, 4.69) is 5.10 Å². The van der Waals surface area contributed by atoms with Gasteiger partial charge in [-0.25, -0.2) is 17.6 Å². The van der Waals surface area contributed by atoms with E-state index >= 15 is 0 Å². The molecule has 1 atom stereocenters. The molecule has 0 spiro atoms. The number of halogens is 1. The Morgan fingerprint density at radius 3 is 2.41 bits per heavy atom. The summed E-state index contributed by atoms with van der Waals surface area (Å²) in [5.41, 5.74) is 5.32. The molecule has 3 aromatic carbocycles. The van der Waals surface area contributed by atoms with Gasteiger partial charge in [0.15, 0.2) is 9.84 Å². The summed E-state index contributed by atoms with van der Waals surface area (Å²) in [6, 6.07) is 18.3. The van der Waals surface area contributed by atoms with Gasteiger partial charge in [0, 0.05) is 30.3 Å². The Bertz CT molecular complexity index is 1670. The fourth-order valence-electron chi connectivity index (χ4n) is 3.97. The molecule has 0 amide bonds. The van der Waals surface area contributed by atoms with Crippen molar-refractivity contribution in [2.45, 2.75) is 23.9 Å². The number of benzene rings is 3. The van der Waals surface area contributed by atoms with Crippen LogP contribution in [0.3, 0.4) is 0 Å². The topological polar surface area (TPSA) is 126 Å². The lowest BCUT2D eigenvalue weighted by atomic mass is 10.1. The third-order valence-electron chi connectivity index (χ3n) is 5.85. The van der Waals surface area contributed by atoms with Gasteiger partial charge in [0.1, 0.15) is 17.3 Å². The molecule has 4 aromatic rings. The first-order chi connectivity index (χ1) is 17.6. The van der Waals surface area contributed by atoms with Gasteiger partial charge in [-0.1, -0.05) is 42.5 Å². The van der Waals surface area contributed by atoms with Crippen LogP contribution in [-0.2, 0) is 22.8 Å². The summed E-state index contributed by atoms with van der Waals surface area (Å²) in [6.45, 7) is -0.183. The van der Waals surface area contributed by atoms with Crippen LogP contribution >= 0.6 is 0 Å². The minimum atomic E-state index is -3.82. The van der Waals surface area contributed by atoms with Gasteiger partial charge >= 0.3 is 5.69 Å². The maximum Gasteiger partial charge on any atom is 0.352 e. The third kappa shape index (κ3) is 5.52. The number of hydrogen-bond donors (Lipinski definition) is 1. The van der Waals surface area contributed by atoms with Crippen LogP contribution in [0.4, 0.5) is 4.39 Å². The highest BCUT2D eigenvalue weighted by molar-refractivity contribution is 7.90. The van der Waals surface area contributed by atoms with Crippen LogP contribution in [0.2, 0.25) is 0 Å². The zero-order chi connectivity index (χ0) is 26.7. The van der Waals surface area contributed by atoms with E-state index in [4.69, 9.17) is 10.5 Å². The zero-order valence-corrected chi connectivity index (χ0v) is 21.0. The molecule has 0 radical (unpaired) electrons. The van der Waals surface area contributed by atoms with Gasteiger partial charge in [0.05, 0.1) is 24.2 Å². The number of ether oxygens (including phenoxy) is 1. The fourth-order valence-corrected chi connectivity index (χ4v) is 4.92.